The Morgan fingerprint density at radius 1 is 1.35 bits per heavy atom. The molecule has 0 saturated heterocycles. The van der Waals surface area contributed by atoms with Crippen molar-refractivity contribution in [2.45, 2.75) is 13.5 Å². The quantitative estimate of drug-likeness (QED) is 0.680. The number of rotatable bonds is 2. The van der Waals surface area contributed by atoms with Crippen molar-refractivity contribution in [2.24, 2.45) is 0 Å². The number of aromatic nitrogens is 2. The van der Waals surface area contributed by atoms with Crippen LogP contribution in [0, 0.1) is 6.92 Å². The summed E-state index contributed by atoms with van der Waals surface area (Å²) in [6.45, 7) is 2.83. The van der Waals surface area contributed by atoms with Crippen LogP contribution in [0.4, 0.5) is 0 Å². The second-order valence-electron chi connectivity index (χ2n) is 4.00. The molecule has 0 N–H and O–H groups in total. The number of benzene rings is 1. The number of thiazole rings is 1. The van der Waals surface area contributed by atoms with E-state index < -0.39 is 0 Å². The second kappa shape index (κ2) is 4.17. The largest absolute Gasteiger partial charge is 0.341 e. The van der Waals surface area contributed by atoms with E-state index in [-0.39, 0.29) is 0 Å². The summed E-state index contributed by atoms with van der Waals surface area (Å²) in [4.78, 5) is 4.48. The lowest BCUT2D eigenvalue weighted by Crippen LogP contribution is -1.97. The minimum absolute atomic E-state index is 0.802. The Morgan fingerprint density at radius 2 is 2.24 bits per heavy atom. The number of nitrogens with zero attached hydrogens (tertiary/aromatic N) is 2. The highest BCUT2D eigenvalue weighted by molar-refractivity contribution is 7.09. The van der Waals surface area contributed by atoms with Gasteiger partial charge in [0.05, 0.1) is 6.54 Å². The van der Waals surface area contributed by atoms with E-state index in [0.29, 0.717) is 0 Å². The predicted molar refractivity (Wildman–Crippen MR) is 72.9 cm³/mol. The van der Waals surface area contributed by atoms with Gasteiger partial charge in [0.15, 0.2) is 0 Å². The number of halogens is 1. The van der Waals surface area contributed by atoms with Crippen molar-refractivity contribution in [1.82, 2.24) is 9.55 Å². The maximum atomic E-state index is 6.15. The smallest absolute Gasteiger partial charge is 0.113 e. The summed E-state index contributed by atoms with van der Waals surface area (Å²) in [6.07, 6.45) is 2.06. The lowest BCUT2D eigenvalue weighted by Gasteiger charge is -2.02. The normalized spacial score (nSPS) is 11.2. The van der Waals surface area contributed by atoms with Gasteiger partial charge in [0, 0.05) is 33.2 Å². The van der Waals surface area contributed by atoms with Crippen molar-refractivity contribution in [1.29, 1.82) is 0 Å². The van der Waals surface area contributed by atoms with Gasteiger partial charge < -0.3 is 4.57 Å². The van der Waals surface area contributed by atoms with Crippen molar-refractivity contribution in [3.8, 4) is 0 Å². The van der Waals surface area contributed by atoms with Gasteiger partial charge in [-0.3, -0.25) is 0 Å². The maximum absolute atomic E-state index is 6.15. The van der Waals surface area contributed by atoms with Crippen LogP contribution in [0.1, 0.15) is 10.7 Å². The van der Waals surface area contributed by atoms with Crippen LogP contribution in [-0.2, 0) is 6.54 Å². The van der Waals surface area contributed by atoms with Crippen LogP contribution >= 0.6 is 22.9 Å². The highest BCUT2D eigenvalue weighted by atomic mass is 35.5. The summed E-state index contributed by atoms with van der Waals surface area (Å²) in [5.41, 5.74) is 2.24. The van der Waals surface area contributed by atoms with Crippen molar-refractivity contribution in [3.63, 3.8) is 0 Å². The maximum Gasteiger partial charge on any atom is 0.113 e. The molecule has 0 atom stereocenters. The fourth-order valence-electron chi connectivity index (χ4n) is 1.94. The summed E-state index contributed by atoms with van der Waals surface area (Å²) in [5.74, 6) is 0. The molecule has 2 aromatic heterocycles. The van der Waals surface area contributed by atoms with Gasteiger partial charge in [-0.15, -0.1) is 11.3 Å². The van der Waals surface area contributed by atoms with Crippen molar-refractivity contribution in [2.75, 3.05) is 0 Å². The van der Waals surface area contributed by atoms with Crippen LogP contribution in [-0.4, -0.2) is 9.55 Å². The Bertz CT molecular complexity index is 669. The molecule has 2 nitrogen and oxygen atoms in total. The molecule has 0 aliphatic rings. The van der Waals surface area contributed by atoms with Gasteiger partial charge in [-0.25, -0.2) is 4.98 Å². The third-order valence-corrected chi connectivity index (χ3v) is 4.01. The zero-order valence-electron chi connectivity index (χ0n) is 9.35. The van der Waals surface area contributed by atoms with Crippen LogP contribution in [0.3, 0.4) is 0 Å². The van der Waals surface area contributed by atoms with E-state index in [9.17, 15) is 0 Å². The van der Waals surface area contributed by atoms with E-state index >= 15 is 0 Å². The van der Waals surface area contributed by atoms with Gasteiger partial charge >= 0.3 is 0 Å². The van der Waals surface area contributed by atoms with E-state index in [1.807, 2.05) is 19.1 Å². The molecule has 0 aliphatic heterocycles. The van der Waals surface area contributed by atoms with Crippen LogP contribution in [0.2, 0.25) is 5.02 Å². The average molecular weight is 263 g/mol. The average Bonchev–Trinajstić information content (AvgIpc) is 2.88. The summed E-state index contributed by atoms with van der Waals surface area (Å²) in [7, 11) is 0. The van der Waals surface area contributed by atoms with Crippen LogP contribution in [0.5, 0.6) is 0 Å². The highest BCUT2D eigenvalue weighted by Gasteiger charge is 2.06. The molecule has 2 heterocycles. The Labute approximate surface area is 108 Å². The first-order valence-corrected chi connectivity index (χ1v) is 6.64. The summed E-state index contributed by atoms with van der Waals surface area (Å²) in [6, 6.07) is 8.04. The molecular formula is C13H11ClN2S. The number of hydrogen-bond acceptors (Lipinski definition) is 2. The number of hydrogen-bond donors (Lipinski definition) is 0. The van der Waals surface area contributed by atoms with E-state index in [2.05, 4.69) is 33.3 Å². The second-order valence-corrected chi connectivity index (χ2v) is 5.35. The Hall–Kier alpha value is -1.32. The molecule has 0 spiro atoms. The fourth-order valence-corrected chi connectivity index (χ4v) is 2.95. The van der Waals surface area contributed by atoms with Crippen LogP contribution in [0.25, 0.3) is 10.9 Å². The first-order valence-electron chi connectivity index (χ1n) is 5.38. The SMILES string of the molecule is Cc1csc(Cn2ccc3c(Cl)cccc32)n1. The molecule has 3 aromatic rings. The molecule has 3 rings (SSSR count). The van der Waals surface area contributed by atoms with E-state index in [1.54, 1.807) is 11.3 Å². The minimum atomic E-state index is 0.802. The zero-order chi connectivity index (χ0) is 11.8. The fraction of sp³-hybridized carbons (Fsp3) is 0.154. The van der Waals surface area contributed by atoms with Gasteiger partial charge in [0.2, 0.25) is 0 Å². The summed E-state index contributed by atoms with van der Waals surface area (Å²) >= 11 is 7.85. The number of fused-ring (bicyclic) bond motifs is 1. The van der Waals surface area contributed by atoms with E-state index in [0.717, 1.165) is 33.2 Å². The van der Waals surface area contributed by atoms with Crippen molar-refractivity contribution < 1.29 is 0 Å². The predicted octanol–water partition coefficient (Wildman–Crippen LogP) is 4.11. The molecule has 86 valence electrons. The number of aryl methyl sites for hydroxylation is 1. The molecule has 0 bridgehead atoms. The van der Waals surface area contributed by atoms with Gasteiger partial charge in [0.25, 0.3) is 0 Å². The Kier molecular flexibility index (Phi) is 2.65. The topological polar surface area (TPSA) is 17.8 Å². The van der Waals surface area contributed by atoms with Crippen LogP contribution in [0.15, 0.2) is 35.8 Å². The lowest BCUT2D eigenvalue weighted by atomic mass is 10.2. The molecule has 4 heteroatoms. The van der Waals surface area contributed by atoms with E-state index in [4.69, 9.17) is 11.6 Å². The van der Waals surface area contributed by atoms with E-state index in [1.165, 1.54) is 0 Å². The standard InChI is InChI=1S/C13H11ClN2S/c1-9-8-17-13(15-9)7-16-6-5-10-11(14)3-2-4-12(10)16/h2-6,8H,7H2,1H3. The first-order chi connectivity index (χ1) is 8.24. The Morgan fingerprint density at radius 3 is 3.00 bits per heavy atom. The van der Waals surface area contributed by atoms with Gasteiger partial charge in [0.1, 0.15) is 5.01 Å². The molecule has 0 saturated carbocycles. The lowest BCUT2D eigenvalue weighted by molar-refractivity contribution is 0.825. The molecule has 0 aliphatic carbocycles. The third-order valence-electron chi connectivity index (χ3n) is 2.73. The minimum Gasteiger partial charge on any atom is -0.341 e. The molecular weight excluding hydrogens is 252 g/mol. The first kappa shape index (κ1) is 10.8. The molecule has 0 amide bonds. The summed E-state index contributed by atoms with van der Waals surface area (Å²) in [5, 5.41) is 5.10. The third kappa shape index (κ3) is 1.96. The molecule has 0 fully saturated rings. The van der Waals surface area contributed by atoms with Crippen molar-refractivity contribution >= 4 is 33.8 Å². The van der Waals surface area contributed by atoms with Crippen molar-refractivity contribution in [3.05, 3.63) is 51.6 Å². The Balaban J connectivity index is 2.04. The zero-order valence-corrected chi connectivity index (χ0v) is 10.9. The molecule has 1 aromatic carbocycles. The molecule has 17 heavy (non-hydrogen) atoms. The van der Waals surface area contributed by atoms with Gasteiger partial charge in [-0.1, -0.05) is 17.7 Å². The van der Waals surface area contributed by atoms with Gasteiger partial charge in [-0.2, -0.15) is 0 Å². The van der Waals surface area contributed by atoms with Gasteiger partial charge in [-0.05, 0) is 25.1 Å². The molecule has 0 unspecified atom stereocenters. The molecule has 0 radical (unpaired) electrons. The highest BCUT2D eigenvalue weighted by Crippen LogP contribution is 2.25. The summed E-state index contributed by atoms with van der Waals surface area (Å²) < 4.78 is 2.18. The van der Waals surface area contributed by atoms with Crippen LogP contribution < -0.4 is 0 Å². The monoisotopic (exact) mass is 262 g/mol.